The fourth-order valence-corrected chi connectivity index (χ4v) is 2.90. The number of amides is 1. The molecule has 27 heavy (non-hydrogen) atoms. The molecule has 1 aliphatic rings. The molecule has 0 bridgehead atoms. The zero-order valence-electron chi connectivity index (χ0n) is 15.7. The molecule has 1 aromatic heterocycles. The van der Waals surface area contributed by atoms with Gasteiger partial charge in [-0.3, -0.25) is 4.79 Å². The van der Waals surface area contributed by atoms with Crippen molar-refractivity contribution in [3.8, 4) is 22.9 Å². The first-order chi connectivity index (χ1) is 13.2. The molecule has 2 aromatic rings. The van der Waals surface area contributed by atoms with Crippen LogP contribution in [0.1, 0.15) is 32.1 Å². The lowest BCUT2D eigenvalue weighted by atomic mass is 10.2. The Balaban J connectivity index is 1.54. The van der Waals surface area contributed by atoms with Crippen molar-refractivity contribution >= 4 is 5.91 Å². The summed E-state index contributed by atoms with van der Waals surface area (Å²) >= 11 is 0. The number of hydrogen-bond acceptors (Lipinski definition) is 7. The molecule has 0 unspecified atom stereocenters. The van der Waals surface area contributed by atoms with Gasteiger partial charge in [0.1, 0.15) is 0 Å². The summed E-state index contributed by atoms with van der Waals surface area (Å²) in [6, 6.07) is 5.45. The van der Waals surface area contributed by atoms with Crippen LogP contribution in [-0.2, 0) is 16.0 Å². The van der Waals surface area contributed by atoms with Crippen LogP contribution in [-0.4, -0.2) is 49.0 Å². The summed E-state index contributed by atoms with van der Waals surface area (Å²) in [6.07, 6.45) is 2.87. The van der Waals surface area contributed by atoms with Crippen LogP contribution >= 0.6 is 0 Å². The second-order valence-corrected chi connectivity index (χ2v) is 6.25. The molecule has 0 saturated carbocycles. The fourth-order valence-electron chi connectivity index (χ4n) is 2.90. The molecule has 8 heteroatoms. The predicted octanol–water partition coefficient (Wildman–Crippen LogP) is 2.37. The smallest absolute Gasteiger partial charge is 0.227 e. The molecular formula is C19H25N3O5. The van der Waals surface area contributed by atoms with Crippen molar-refractivity contribution in [2.45, 2.75) is 38.7 Å². The molecule has 1 atom stereocenters. The highest BCUT2D eigenvalue weighted by Gasteiger charge is 2.17. The number of nitrogens with one attached hydrogen (secondary N) is 1. The molecule has 8 nitrogen and oxygen atoms in total. The van der Waals surface area contributed by atoms with Crippen LogP contribution in [0.4, 0.5) is 0 Å². The highest BCUT2D eigenvalue weighted by atomic mass is 16.5. The van der Waals surface area contributed by atoms with E-state index in [1.165, 1.54) is 0 Å². The van der Waals surface area contributed by atoms with E-state index in [4.69, 9.17) is 18.7 Å². The number of aryl methyl sites for hydroxylation is 1. The molecule has 1 saturated heterocycles. The maximum Gasteiger partial charge on any atom is 0.227 e. The fraction of sp³-hybridized carbons (Fsp3) is 0.526. The first kappa shape index (κ1) is 19.2. The van der Waals surface area contributed by atoms with Gasteiger partial charge in [0.25, 0.3) is 0 Å². The SMILES string of the molecule is CCOc1ccc(-c2noc(CCC(=O)NC[C@@H]3CCCO3)n2)cc1OC. The van der Waals surface area contributed by atoms with Crippen LogP contribution in [0.5, 0.6) is 11.5 Å². The van der Waals surface area contributed by atoms with Gasteiger partial charge in [-0.05, 0) is 38.0 Å². The number of hydrogen-bond donors (Lipinski definition) is 1. The quantitative estimate of drug-likeness (QED) is 0.719. The number of nitrogens with zero attached hydrogens (tertiary/aromatic N) is 2. The normalized spacial score (nSPS) is 16.3. The number of ether oxygens (including phenoxy) is 3. The number of benzene rings is 1. The monoisotopic (exact) mass is 375 g/mol. The molecule has 1 fully saturated rings. The molecule has 1 aromatic carbocycles. The Kier molecular flexibility index (Phi) is 6.64. The topological polar surface area (TPSA) is 95.7 Å². The maximum absolute atomic E-state index is 11.9. The Morgan fingerprint density at radius 3 is 3.00 bits per heavy atom. The van der Waals surface area contributed by atoms with Crippen molar-refractivity contribution in [2.24, 2.45) is 0 Å². The van der Waals surface area contributed by atoms with Crippen LogP contribution < -0.4 is 14.8 Å². The zero-order chi connectivity index (χ0) is 19.1. The van der Waals surface area contributed by atoms with Crippen LogP contribution in [0, 0.1) is 0 Å². The maximum atomic E-state index is 11.9. The number of aromatic nitrogens is 2. The summed E-state index contributed by atoms with van der Waals surface area (Å²) in [4.78, 5) is 16.3. The summed E-state index contributed by atoms with van der Waals surface area (Å²) in [5.74, 6) is 2.09. The molecule has 1 amide bonds. The van der Waals surface area contributed by atoms with E-state index in [9.17, 15) is 4.79 Å². The van der Waals surface area contributed by atoms with E-state index in [2.05, 4.69) is 15.5 Å². The third-order valence-electron chi connectivity index (χ3n) is 4.31. The largest absolute Gasteiger partial charge is 0.493 e. The molecule has 0 aliphatic carbocycles. The van der Waals surface area contributed by atoms with Crippen LogP contribution in [0.2, 0.25) is 0 Å². The second-order valence-electron chi connectivity index (χ2n) is 6.25. The number of methoxy groups -OCH3 is 1. The Bertz CT molecular complexity index is 756. The van der Waals surface area contributed by atoms with Gasteiger partial charge in [-0.25, -0.2) is 0 Å². The van der Waals surface area contributed by atoms with Gasteiger partial charge in [0.05, 0.1) is 19.8 Å². The van der Waals surface area contributed by atoms with Crippen LogP contribution in [0.3, 0.4) is 0 Å². The van der Waals surface area contributed by atoms with Gasteiger partial charge in [-0.2, -0.15) is 4.98 Å². The van der Waals surface area contributed by atoms with Crippen LogP contribution in [0.25, 0.3) is 11.4 Å². The Hall–Kier alpha value is -2.61. The minimum atomic E-state index is -0.0482. The van der Waals surface area contributed by atoms with Crippen molar-refractivity contribution in [3.05, 3.63) is 24.1 Å². The molecule has 0 spiro atoms. The summed E-state index contributed by atoms with van der Waals surface area (Å²) in [7, 11) is 1.58. The number of rotatable bonds is 9. The number of carbonyl (C=O) groups excluding carboxylic acids is 1. The minimum Gasteiger partial charge on any atom is -0.493 e. The van der Waals surface area contributed by atoms with Crippen LogP contribution in [0.15, 0.2) is 22.7 Å². The molecular weight excluding hydrogens is 350 g/mol. The van der Waals surface area contributed by atoms with E-state index in [0.29, 0.717) is 49.2 Å². The lowest BCUT2D eigenvalue weighted by molar-refractivity contribution is -0.121. The van der Waals surface area contributed by atoms with E-state index < -0.39 is 0 Å². The summed E-state index contributed by atoms with van der Waals surface area (Å²) in [5, 5.41) is 6.87. The van der Waals surface area contributed by atoms with E-state index >= 15 is 0 Å². The highest BCUT2D eigenvalue weighted by molar-refractivity contribution is 5.76. The van der Waals surface area contributed by atoms with E-state index in [0.717, 1.165) is 25.0 Å². The van der Waals surface area contributed by atoms with Gasteiger partial charge < -0.3 is 24.1 Å². The Morgan fingerprint density at radius 1 is 1.37 bits per heavy atom. The minimum absolute atomic E-state index is 0.0482. The third kappa shape index (κ3) is 5.19. The van der Waals surface area contributed by atoms with Gasteiger partial charge in [0, 0.05) is 31.6 Å². The summed E-state index contributed by atoms with van der Waals surface area (Å²) < 4.78 is 21.6. The van der Waals surface area contributed by atoms with Gasteiger partial charge in [-0.15, -0.1) is 0 Å². The molecule has 3 rings (SSSR count). The lowest BCUT2D eigenvalue weighted by Crippen LogP contribution is -2.31. The van der Waals surface area contributed by atoms with E-state index in [1.54, 1.807) is 13.2 Å². The molecule has 2 heterocycles. The highest BCUT2D eigenvalue weighted by Crippen LogP contribution is 2.31. The first-order valence-electron chi connectivity index (χ1n) is 9.21. The third-order valence-corrected chi connectivity index (χ3v) is 4.31. The van der Waals surface area contributed by atoms with E-state index in [-0.39, 0.29) is 12.0 Å². The first-order valence-corrected chi connectivity index (χ1v) is 9.21. The average molecular weight is 375 g/mol. The molecule has 146 valence electrons. The predicted molar refractivity (Wildman–Crippen MR) is 97.8 cm³/mol. The van der Waals surface area contributed by atoms with Crippen molar-refractivity contribution in [1.82, 2.24) is 15.5 Å². The van der Waals surface area contributed by atoms with Gasteiger partial charge >= 0.3 is 0 Å². The van der Waals surface area contributed by atoms with Gasteiger partial charge in [0.15, 0.2) is 11.5 Å². The van der Waals surface area contributed by atoms with Crippen molar-refractivity contribution in [3.63, 3.8) is 0 Å². The Morgan fingerprint density at radius 2 is 2.26 bits per heavy atom. The summed E-state index contributed by atoms with van der Waals surface area (Å²) in [6.45, 7) is 3.80. The number of carbonyl (C=O) groups is 1. The lowest BCUT2D eigenvalue weighted by Gasteiger charge is -2.10. The Labute approximate surface area is 158 Å². The van der Waals surface area contributed by atoms with Crippen molar-refractivity contribution in [1.29, 1.82) is 0 Å². The van der Waals surface area contributed by atoms with E-state index in [1.807, 2.05) is 19.1 Å². The molecule has 1 aliphatic heterocycles. The zero-order valence-corrected chi connectivity index (χ0v) is 15.7. The van der Waals surface area contributed by atoms with Crippen molar-refractivity contribution < 1.29 is 23.5 Å². The van der Waals surface area contributed by atoms with Gasteiger partial charge in [0.2, 0.25) is 17.6 Å². The summed E-state index contributed by atoms with van der Waals surface area (Å²) in [5.41, 5.74) is 0.758. The molecule has 1 N–H and O–H groups in total. The standard InChI is InChI=1S/C19H25N3O5/c1-3-25-15-7-6-13(11-16(15)24-2)19-21-18(27-22-19)9-8-17(23)20-12-14-5-4-10-26-14/h6-7,11,14H,3-5,8-10,12H2,1-2H3,(H,20,23)/t14-/m0/s1. The van der Waals surface area contributed by atoms with Gasteiger partial charge in [-0.1, -0.05) is 5.16 Å². The molecule has 0 radical (unpaired) electrons. The average Bonchev–Trinajstić information content (AvgIpc) is 3.37. The second kappa shape index (κ2) is 9.36. The van der Waals surface area contributed by atoms with Crippen molar-refractivity contribution in [2.75, 3.05) is 26.9 Å².